The average Bonchev–Trinajstić information content (AvgIpc) is 3.01. The van der Waals surface area contributed by atoms with Gasteiger partial charge < -0.3 is 10.6 Å². The molecular formula is C15H16N2OS. The van der Waals surface area contributed by atoms with E-state index >= 15 is 0 Å². The van der Waals surface area contributed by atoms with Gasteiger partial charge in [-0.25, -0.2) is 0 Å². The van der Waals surface area contributed by atoms with Gasteiger partial charge in [0.1, 0.15) is 6.04 Å². The Kier molecular flexibility index (Phi) is 3.25. The molecule has 0 bridgehead atoms. The molecule has 2 N–H and O–H groups in total. The number of carbonyl (C=O) groups excluding carboxylic acids is 1. The molecule has 0 radical (unpaired) electrons. The Morgan fingerprint density at radius 1 is 1.42 bits per heavy atom. The molecule has 0 saturated carbocycles. The van der Waals surface area contributed by atoms with Crippen molar-refractivity contribution in [1.82, 2.24) is 5.32 Å². The van der Waals surface area contributed by atoms with Crippen LogP contribution in [0.3, 0.4) is 0 Å². The molecule has 1 unspecified atom stereocenters. The minimum absolute atomic E-state index is 0.0731. The smallest absolute Gasteiger partial charge is 0.243 e. The molecule has 0 spiro atoms. The predicted octanol–water partition coefficient (Wildman–Crippen LogP) is 2.71. The summed E-state index contributed by atoms with van der Waals surface area (Å²) in [5, 5.41) is 8.34. The minimum atomic E-state index is -0.141. The highest BCUT2D eigenvalue weighted by Gasteiger charge is 2.25. The molecule has 3 nitrogen and oxygen atoms in total. The average molecular weight is 272 g/mol. The Labute approximate surface area is 116 Å². The molecule has 1 aliphatic rings. The van der Waals surface area contributed by atoms with E-state index in [1.54, 1.807) is 11.3 Å². The van der Waals surface area contributed by atoms with Crippen LogP contribution in [-0.4, -0.2) is 11.9 Å². The molecule has 4 heteroatoms. The maximum Gasteiger partial charge on any atom is 0.243 e. The molecule has 1 aromatic carbocycles. The minimum Gasteiger partial charge on any atom is -0.373 e. The summed E-state index contributed by atoms with van der Waals surface area (Å²) in [6.07, 6.45) is 0.769. The highest BCUT2D eigenvalue weighted by Crippen LogP contribution is 2.25. The van der Waals surface area contributed by atoms with E-state index in [0.717, 1.165) is 12.1 Å². The number of aryl methyl sites for hydroxylation is 1. The largest absolute Gasteiger partial charge is 0.373 e. The van der Waals surface area contributed by atoms with E-state index in [1.807, 2.05) is 18.2 Å². The SMILES string of the molecule is Cc1ccsc1CNC(=O)C1Cc2ccccc2N1. The number of nitrogens with one attached hydrogen (secondary N) is 2. The van der Waals surface area contributed by atoms with Gasteiger partial charge in [0.05, 0.1) is 6.54 Å². The van der Waals surface area contributed by atoms with Gasteiger partial charge in [-0.05, 0) is 35.6 Å². The summed E-state index contributed by atoms with van der Waals surface area (Å²) in [4.78, 5) is 13.4. The van der Waals surface area contributed by atoms with Gasteiger partial charge >= 0.3 is 0 Å². The normalized spacial score (nSPS) is 16.8. The molecule has 98 valence electrons. The molecule has 3 rings (SSSR count). The van der Waals surface area contributed by atoms with Crippen LogP contribution in [0, 0.1) is 6.92 Å². The van der Waals surface area contributed by atoms with Crippen LogP contribution in [0.1, 0.15) is 16.0 Å². The Balaban J connectivity index is 1.60. The van der Waals surface area contributed by atoms with Crippen molar-refractivity contribution in [1.29, 1.82) is 0 Å². The number of anilines is 1. The van der Waals surface area contributed by atoms with Crippen molar-refractivity contribution >= 4 is 22.9 Å². The number of hydrogen-bond acceptors (Lipinski definition) is 3. The Hall–Kier alpha value is -1.81. The number of thiophene rings is 1. The summed E-state index contributed by atoms with van der Waals surface area (Å²) >= 11 is 1.69. The van der Waals surface area contributed by atoms with Crippen LogP contribution in [0.15, 0.2) is 35.7 Å². The highest BCUT2D eigenvalue weighted by molar-refractivity contribution is 7.10. The van der Waals surface area contributed by atoms with Gasteiger partial charge in [-0.2, -0.15) is 0 Å². The Morgan fingerprint density at radius 2 is 2.26 bits per heavy atom. The first-order chi connectivity index (χ1) is 9.24. The Morgan fingerprint density at radius 3 is 3.00 bits per heavy atom. The number of carbonyl (C=O) groups is 1. The summed E-state index contributed by atoms with van der Waals surface area (Å²) in [6.45, 7) is 2.69. The quantitative estimate of drug-likeness (QED) is 0.902. The molecule has 2 aromatic rings. The first kappa shape index (κ1) is 12.2. The molecule has 1 aliphatic heterocycles. The van der Waals surface area contributed by atoms with Gasteiger partial charge in [-0.3, -0.25) is 4.79 Å². The molecule has 2 heterocycles. The van der Waals surface area contributed by atoms with Crippen molar-refractivity contribution < 1.29 is 4.79 Å². The molecule has 0 fully saturated rings. The second kappa shape index (κ2) is 5.05. The third-order valence-electron chi connectivity index (χ3n) is 3.48. The van der Waals surface area contributed by atoms with Gasteiger partial charge in [0, 0.05) is 17.0 Å². The van der Waals surface area contributed by atoms with Gasteiger partial charge in [0.2, 0.25) is 5.91 Å². The molecule has 19 heavy (non-hydrogen) atoms. The van der Waals surface area contributed by atoms with E-state index in [9.17, 15) is 4.79 Å². The third kappa shape index (κ3) is 2.49. The summed E-state index contributed by atoms with van der Waals surface area (Å²) < 4.78 is 0. The van der Waals surface area contributed by atoms with Crippen LogP contribution in [0.25, 0.3) is 0 Å². The van der Waals surface area contributed by atoms with Crippen molar-refractivity contribution in [2.45, 2.75) is 25.9 Å². The van der Waals surface area contributed by atoms with Crippen molar-refractivity contribution in [2.24, 2.45) is 0 Å². The van der Waals surface area contributed by atoms with E-state index in [0.29, 0.717) is 6.54 Å². The van der Waals surface area contributed by atoms with Crippen molar-refractivity contribution in [3.8, 4) is 0 Å². The second-order valence-electron chi connectivity index (χ2n) is 4.80. The van der Waals surface area contributed by atoms with E-state index in [2.05, 4.69) is 35.1 Å². The second-order valence-corrected chi connectivity index (χ2v) is 5.80. The van der Waals surface area contributed by atoms with Crippen molar-refractivity contribution in [2.75, 3.05) is 5.32 Å². The zero-order chi connectivity index (χ0) is 13.2. The van der Waals surface area contributed by atoms with E-state index in [4.69, 9.17) is 0 Å². The topological polar surface area (TPSA) is 41.1 Å². The third-order valence-corrected chi connectivity index (χ3v) is 4.50. The lowest BCUT2D eigenvalue weighted by molar-refractivity contribution is -0.121. The predicted molar refractivity (Wildman–Crippen MR) is 78.5 cm³/mol. The fourth-order valence-electron chi connectivity index (χ4n) is 2.33. The molecule has 0 saturated heterocycles. The van der Waals surface area contributed by atoms with Crippen molar-refractivity contribution in [3.05, 3.63) is 51.7 Å². The number of fused-ring (bicyclic) bond motifs is 1. The standard InChI is InChI=1S/C15H16N2OS/c1-10-6-7-19-14(10)9-16-15(18)13-8-11-4-2-3-5-12(11)17-13/h2-7,13,17H,8-9H2,1H3,(H,16,18). The lowest BCUT2D eigenvalue weighted by Gasteiger charge is -2.11. The maximum atomic E-state index is 12.2. The summed E-state index contributed by atoms with van der Waals surface area (Å²) in [7, 11) is 0. The van der Waals surface area contributed by atoms with E-state index in [-0.39, 0.29) is 11.9 Å². The molecular weight excluding hydrogens is 256 g/mol. The fourth-order valence-corrected chi connectivity index (χ4v) is 3.18. The number of para-hydroxylation sites is 1. The fraction of sp³-hybridized carbons (Fsp3) is 0.267. The Bertz CT molecular complexity index is 581. The van der Waals surface area contributed by atoms with Crippen LogP contribution in [-0.2, 0) is 17.8 Å². The number of benzene rings is 1. The van der Waals surface area contributed by atoms with Crippen LogP contribution in [0.4, 0.5) is 5.69 Å². The molecule has 1 aromatic heterocycles. The number of amides is 1. The zero-order valence-corrected chi connectivity index (χ0v) is 11.6. The number of rotatable bonds is 3. The molecule has 0 aliphatic carbocycles. The van der Waals surface area contributed by atoms with Crippen LogP contribution in [0.2, 0.25) is 0 Å². The summed E-state index contributed by atoms with van der Waals surface area (Å²) in [6, 6.07) is 10.0. The van der Waals surface area contributed by atoms with Crippen LogP contribution in [0.5, 0.6) is 0 Å². The van der Waals surface area contributed by atoms with Gasteiger partial charge in [0.15, 0.2) is 0 Å². The first-order valence-corrected chi connectivity index (χ1v) is 7.27. The summed E-state index contributed by atoms with van der Waals surface area (Å²) in [5.41, 5.74) is 3.54. The lowest BCUT2D eigenvalue weighted by Crippen LogP contribution is -2.37. The van der Waals surface area contributed by atoms with E-state index in [1.165, 1.54) is 16.0 Å². The van der Waals surface area contributed by atoms with Gasteiger partial charge in [-0.15, -0.1) is 11.3 Å². The molecule has 1 atom stereocenters. The van der Waals surface area contributed by atoms with Crippen LogP contribution < -0.4 is 10.6 Å². The number of hydrogen-bond donors (Lipinski definition) is 2. The van der Waals surface area contributed by atoms with Gasteiger partial charge in [-0.1, -0.05) is 18.2 Å². The zero-order valence-electron chi connectivity index (χ0n) is 10.8. The van der Waals surface area contributed by atoms with Gasteiger partial charge in [0.25, 0.3) is 0 Å². The molecule has 1 amide bonds. The maximum absolute atomic E-state index is 12.2. The monoisotopic (exact) mass is 272 g/mol. The lowest BCUT2D eigenvalue weighted by atomic mass is 10.1. The summed E-state index contributed by atoms with van der Waals surface area (Å²) in [5.74, 6) is 0.0731. The van der Waals surface area contributed by atoms with Crippen molar-refractivity contribution in [3.63, 3.8) is 0 Å². The highest BCUT2D eigenvalue weighted by atomic mass is 32.1. The first-order valence-electron chi connectivity index (χ1n) is 6.39. The van der Waals surface area contributed by atoms with Crippen LogP contribution >= 0.6 is 11.3 Å². The van der Waals surface area contributed by atoms with E-state index < -0.39 is 0 Å².